The molecule has 1 saturated heterocycles. The molecule has 2 aliphatic heterocycles. The third-order valence-corrected chi connectivity index (χ3v) is 12.1. The van der Waals surface area contributed by atoms with Crippen LogP contribution in [0.4, 0.5) is 0 Å². The standard InChI is InChI=1S/C30H43NO5/c1-26(2,3)27(4,33)20-15-28-11-12-30(20,35-6)25-29(28)13-14-31(16-17-7-8-17)24(28)22(32)18-9-10-19(34-5)23(36-25)21(18)29/h9-10,17,20,22,24-25,32-33H,7-8,11-16H2,1-6H3/t20-,22?,24-,25-,27?,28-,29+,30-/m1/s1. The van der Waals surface area contributed by atoms with Gasteiger partial charge < -0.3 is 24.4 Å². The van der Waals surface area contributed by atoms with E-state index in [1.165, 1.54) is 18.4 Å². The zero-order valence-corrected chi connectivity index (χ0v) is 22.8. The minimum Gasteiger partial charge on any atom is -0.493 e. The molecule has 198 valence electrons. The van der Waals surface area contributed by atoms with Crippen LogP contribution in [0.5, 0.6) is 11.5 Å². The second-order valence-corrected chi connectivity index (χ2v) is 14.1. The van der Waals surface area contributed by atoms with Crippen molar-refractivity contribution in [2.45, 2.75) is 101 Å². The number of benzene rings is 1. The maximum absolute atomic E-state index is 12.3. The zero-order chi connectivity index (χ0) is 25.5. The van der Waals surface area contributed by atoms with E-state index in [1.807, 2.05) is 20.1 Å². The van der Waals surface area contributed by atoms with Crippen molar-refractivity contribution >= 4 is 0 Å². The van der Waals surface area contributed by atoms with Gasteiger partial charge in [-0.1, -0.05) is 26.8 Å². The normalized spacial score (nSPS) is 44.1. The molecular weight excluding hydrogens is 454 g/mol. The lowest BCUT2D eigenvalue weighted by molar-refractivity contribution is -0.319. The third kappa shape index (κ3) is 2.45. The van der Waals surface area contributed by atoms with E-state index in [-0.39, 0.29) is 34.3 Å². The molecule has 1 aromatic rings. The van der Waals surface area contributed by atoms with Crippen molar-refractivity contribution in [1.29, 1.82) is 0 Å². The Labute approximate surface area is 215 Å². The minimum atomic E-state index is -0.971. The molecular formula is C30H43NO5. The molecule has 8 atom stereocenters. The smallest absolute Gasteiger partial charge is 0.166 e. The highest BCUT2D eigenvalue weighted by Crippen LogP contribution is 2.79. The molecule has 4 saturated carbocycles. The predicted molar refractivity (Wildman–Crippen MR) is 136 cm³/mol. The third-order valence-electron chi connectivity index (χ3n) is 12.1. The highest BCUT2D eigenvalue weighted by molar-refractivity contribution is 5.64. The van der Waals surface area contributed by atoms with Gasteiger partial charge in [-0.05, 0) is 75.0 Å². The highest BCUT2D eigenvalue weighted by atomic mass is 16.6. The number of methoxy groups -OCH3 is 2. The van der Waals surface area contributed by atoms with E-state index in [2.05, 4.69) is 31.7 Å². The van der Waals surface area contributed by atoms with Gasteiger partial charge in [0, 0.05) is 42.0 Å². The van der Waals surface area contributed by atoms with Crippen LogP contribution >= 0.6 is 0 Å². The van der Waals surface area contributed by atoms with Crippen LogP contribution in [0.1, 0.15) is 83.5 Å². The molecule has 6 nitrogen and oxygen atoms in total. The topological polar surface area (TPSA) is 71.4 Å². The Bertz CT molecular complexity index is 1110. The number of fused-ring (bicyclic) bond motifs is 2. The van der Waals surface area contributed by atoms with Crippen LogP contribution in [-0.4, -0.2) is 65.8 Å². The van der Waals surface area contributed by atoms with Gasteiger partial charge in [0.2, 0.25) is 0 Å². The molecule has 0 amide bonds. The number of likely N-dealkylation sites (tertiary alicyclic amines) is 1. The molecule has 36 heavy (non-hydrogen) atoms. The summed E-state index contributed by atoms with van der Waals surface area (Å²) in [5.41, 5.74) is -0.149. The molecule has 1 aromatic carbocycles. The van der Waals surface area contributed by atoms with Gasteiger partial charge >= 0.3 is 0 Å². The first kappa shape index (κ1) is 23.8. The van der Waals surface area contributed by atoms with E-state index >= 15 is 0 Å². The molecule has 6 heteroatoms. The number of rotatable bonds is 5. The fourth-order valence-corrected chi connectivity index (χ4v) is 9.79. The molecule has 7 aliphatic rings. The van der Waals surface area contributed by atoms with E-state index in [9.17, 15) is 10.2 Å². The number of aliphatic hydroxyl groups excluding tert-OH is 1. The van der Waals surface area contributed by atoms with Gasteiger partial charge in [0.1, 0.15) is 11.7 Å². The Balaban J connectivity index is 1.50. The van der Waals surface area contributed by atoms with Gasteiger partial charge in [-0.15, -0.1) is 0 Å². The van der Waals surface area contributed by atoms with Crippen LogP contribution in [0.15, 0.2) is 12.1 Å². The van der Waals surface area contributed by atoms with Crippen LogP contribution < -0.4 is 9.47 Å². The molecule has 2 spiro atoms. The molecule has 4 bridgehead atoms. The molecule has 0 radical (unpaired) electrons. The summed E-state index contributed by atoms with van der Waals surface area (Å²) in [6.45, 7) is 10.4. The molecule has 8 rings (SSSR count). The summed E-state index contributed by atoms with van der Waals surface area (Å²) in [6.07, 6.45) is 5.46. The van der Waals surface area contributed by atoms with Gasteiger partial charge in [0.15, 0.2) is 11.5 Å². The Kier molecular flexibility index (Phi) is 4.61. The summed E-state index contributed by atoms with van der Waals surface area (Å²) in [6, 6.07) is 4.08. The number of nitrogens with zero attached hydrogens (tertiary/aromatic N) is 1. The SMILES string of the molecule is COc1ccc2c3c1O[C@H]1[C@@]4(OC)CC[C@@]5(C[C@@H]4C(C)(O)C(C)(C)C)[C@@H](C2O)N(CC2CC2)CC[C@]315. The Morgan fingerprint density at radius 2 is 1.86 bits per heavy atom. The maximum atomic E-state index is 12.3. The average molecular weight is 498 g/mol. The first-order chi connectivity index (χ1) is 17.0. The number of hydrogen-bond acceptors (Lipinski definition) is 6. The van der Waals surface area contributed by atoms with Crippen LogP contribution in [0.2, 0.25) is 0 Å². The average Bonchev–Trinajstić information content (AvgIpc) is 3.58. The summed E-state index contributed by atoms with van der Waals surface area (Å²) in [5.74, 6) is 2.18. The van der Waals surface area contributed by atoms with Crippen molar-refractivity contribution in [2.75, 3.05) is 27.3 Å². The molecule has 2 heterocycles. The van der Waals surface area contributed by atoms with E-state index in [0.29, 0.717) is 0 Å². The number of ether oxygens (including phenoxy) is 3. The van der Waals surface area contributed by atoms with E-state index in [4.69, 9.17) is 14.2 Å². The predicted octanol–water partition coefficient (Wildman–Crippen LogP) is 4.21. The molecule has 0 aromatic heterocycles. The monoisotopic (exact) mass is 497 g/mol. The second kappa shape index (κ2) is 6.99. The van der Waals surface area contributed by atoms with Crippen molar-refractivity contribution in [3.05, 3.63) is 23.3 Å². The first-order valence-electron chi connectivity index (χ1n) is 14.1. The molecule has 2 unspecified atom stereocenters. The number of hydrogen-bond donors (Lipinski definition) is 2. The molecule has 5 aliphatic carbocycles. The van der Waals surface area contributed by atoms with Crippen molar-refractivity contribution < 1.29 is 24.4 Å². The minimum absolute atomic E-state index is 0.0261. The van der Waals surface area contributed by atoms with E-state index in [0.717, 1.165) is 61.8 Å². The van der Waals surface area contributed by atoms with Crippen molar-refractivity contribution in [3.63, 3.8) is 0 Å². The summed E-state index contributed by atoms with van der Waals surface area (Å²) in [4.78, 5) is 2.63. The lowest BCUT2D eigenvalue weighted by Crippen LogP contribution is -2.83. The van der Waals surface area contributed by atoms with Crippen LogP contribution in [0.3, 0.4) is 0 Å². The summed E-state index contributed by atoms with van der Waals surface area (Å²) >= 11 is 0. The van der Waals surface area contributed by atoms with Gasteiger partial charge in [-0.3, -0.25) is 4.90 Å². The van der Waals surface area contributed by atoms with E-state index in [1.54, 1.807) is 7.11 Å². The van der Waals surface area contributed by atoms with Crippen LogP contribution in [-0.2, 0) is 10.2 Å². The number of aliphatic hydroxyl groups is 2. The largest absolute Gasteiger partial charge is 0.493 e. The van der Waals surface area contributed by atoms with Crippen molar-refractivity contribution in [1.82, 2.24) is 4.90 Å². The van der Waals surface area contributed by atoms with Crippen LogP contribution in [0, 0.1) is 22.7 Å². The zero-order valence-electron chi connectivity index (χ0n) is 22.8. The first-order valence-corrected chi connectivity index (χ1v) is 14.1. The van der Waals surface area contributed by atoms with Crippen molar-refractivity contribution in [2.24, 2.45) is 22.7 Å². The summed E-state index contributed by atoms with van der Waals surface area (Å²) < 4.78 is 19.5. The Morgan fingerprint density at radius 1 is 1.11 bits per heavy atom. The quantitative estimate of drug-likeness (QED) is 0.635. The summed E-state index contributed by atoms with van der Waals surface area (Å²) in [7, 11) is 3.52. The fraction of sp³-hybridized carbons (Fsp3) is 0.800. The second-order valence-electron chi connectivity index (χ2n) is 14.1. The highest BCUT2D eigenvalue weighted by Gasteiger charge is 2.83. The lowest BCUT2D eigenvalue weighted by atomic mass is 9.33. The van der Waals surface area contributed by atoms with Crippen molar-refractivity contribution in [3.8, 4) is 11.5 Å². The lowest BCUT2D eigenvalue weighted by Gasteiger charge is -2.76. The fourth-order valence-electron chi connectivity index (χ4n) is 9.79. The number of piperidine rings is 1. The van der Waals surface area contributed by atoms with E-state index < -0.39 is 17.3 Å². The Morgan fingerprint density at radius 3 is 2.50 bits per heavy atom. The van der Waals surface area contributed by atoms with Gasteiger partial charge in [0.25, 0.3) is 0 Å². The molecule has 5 fully saturated rings. The summed E-state index contributed by atoms with van der Waals surface area (Å²) in [5, 5.41) is 24.4. The van der Waals surface area contributed by atoms with Crippen LogP contribution in [0.25, 0.3) is 0 Å². The molecule has 2 N–H and O–H groups in total. The Hall–Kier alpha value is -1.34. The van der Waals surface area contributed by atoms with Gasteiger partial charge in [0.05, 0.1) is 18.8 Å². The van der Waals surface area contributed by atoms with Gasteiger partial charge in [-0.25, -0.2) is 0 Å². The maximum Gasteiger partial charge on any atom is 0.166 e. The van der Waals surface area contributed by atoms with Gasteiger partial charge in [-0.2, -0.15) is 0 Å².